The molecular formula is C32H72N2O4S. The molecule has 0 amide bonds. The van der Waals surface area contributed by atoms with E-state index in [9.17, 15) is 0 Å². The van der Waals surface area contributed by atoms with E-state index in [2.05, 4.69) is 38.3 Å². The minimum atomic E-state index is -4.67. The highest BCUT2D eigenvalue weighted by atomic mass is 32.3. The zero-order valence-electron chi connectivity index (χ0n) is 26.9. The van der Waals surface area contributed by atoms with Crippen molar-refractivity contribution in [2.75, 3.05) is 26.2 Å². The molecule has 0 radical (unpaired) electrons. The van der Waals surface area contributed by atoms with Crippen LogP contribution in [0.2, 0.25) is 0 Å². The topological polar surface area (TPSA) is 98.7 Å². The second kappa shape index (κ2) is 39.9. The molecule has 0 heterocycles. The van der Waals surface area contributed by atoms with Gasteiger partial charge in [-0.25, -0.2) is 0 Å². The minimum absolute atomic E-state index is 1.22. The molecule has 0 saturated carbocycles. The molecule has 39 heavy (non-hydrogen) atoms. The third kappa shape index (κ3) is 62.7. The third-order valence-corrected chi connectivity index (χ3v) is 6.83. The minimum Gasteiger partial charge on any atom is -0.317 e. The Balaban J connectivity index is -0.000000566. The fraction of sp³-hybridized carbons (Fsp3) is 1.00. The lowest BCUT2D eigenvalue weighted by Gasteiger charge is -2.04. The van der Waals surface area contributed by atoms with E-state index < -0.39 is 10.4 Å². The molecule has 0 aliphatic carbocycles. The van der Waals surface area contributed by atoms with Crippen LogP contribution >= 0.6 is 0 Å². The van der Waals surface area contributed by atoms with Crippen molar-refractivity contribution >= 4 is 10.4 Å². The number of rotatable bonds is 28. The van der Waals surface area contributed by atoms with Crippen molar-refractivity contribution in [2.45, 2.75) is 182 Å². The summed E-state index contributed by atoms with van der Waals surface area (Å²) in [6, 6.07) is 0. The molecule has 0 bridgehead atoms. The lowest BCUT2D eigenvalue weighted by Crippen LogP contribution is -2.16. The molecule has 0 aliphatic rings. The van der Waals surface area contributed by atoms with Gasteiger partial charge in [-0.3, -0.25) is 9.11 Å². The van der Waals surface area contributed by atoms with Gasteiger partial charge >= 0.3 is 10.4 Å². The molecule has 0 aromatic carbocycles. The molecule has 4 N–H and O–H groups in total. The van der Waals surface area contributed by atoms with E-state index in [0.717, 1.165) is 0 Å². The fourth-order valence-electron chi connectivity index (χ4n) is 4.33. The Morgan fingerprint density at radius 2 is 0.538 bits per heavy atom. The summed E-state index contributed by atoms with van der Waals surface area (Å²) in [6.45, 7) is 14.0. The van der Waals surface area contributed by atoms with E-state index in [1.54, 1.807) is 0 Å². The van der Waals surface area contributed by atoms with Gasteiger partial charge in [0.25, 0.3) is 0 Å². The Labute approximate surface area is 246 Å². The number of nitrogens with one attached hydrogen (secondary N) is 2. The van der Waals surface area contributed by atoms with Crippen LogP contribution in [0.1, 0.15) is 182 Å². The van der Waals surface area contributed by atoms with Gasteiger partial charge in [-0.1, -0.05) is 156 Å². The van der Waals surface area contributed by atoms with Crippen LogP contribution in [0.5, 0.6) is 0 Å². The summed E-state index contributed by atoms with van der Waals surface area (Å²) in [6.07, 6.45) is 34.0. The number of hydrogen-bond donors (Lipinski definition) is 4. The maximum absolute atomic E-state index is 8.74. The molecule has 0 saturated heterocycles. The van der Waals surface area contributed by atoms with Crippen molar-refractivity contribution < 1.29 is 17.5 Å². The summed E-state index contributed by atoms with van der Waals surface area (Å²) in [4.78, 5) is 0. The highest BCUT2D eigenvalue weighted by Crippen LogP contribution is 2.11. The lowest BCUT2D eigenvalue weighted by atomic mass is 10.1. The average Bonchev–Trinajstić information content (AvgIpc) is 2.89. The predicted molar refractivity (Wildman–Crippen MR) is 173 cm³/mol. The van der Waals surface area contributed by atoms with Crippen LogP contribution in [0, 0.1) is 0 Å². The van der Waals surface area contributed by atoms with E-state index in [1.165, 1.54) is 180 Å². The van der Waals surface area contributed by atoms with Crippen molar-refractivity contribution in [3.8, 4) is 0 Å². The van der Waals surface area contributed by atoms with Crippen molar-refractivity contribution in [1.29, 1.82) is 0 Å². The molecule has 7 heteroatoms. The maximum Gasteiger partial charge on any atom is 0.394 e. The zero-order chi connectivity index (χ0) is 29.7. The molecule has 0 atom stereocenters. The van der Waals surface area contributed by atoms with Gasteiger partial charge in [0.1, 0.15) is 0 Å². The zero-order valence-corrected chi connectivity index (χ0v) is 27.7. The second-order valence-electron chi connectivity index (χ2n) is 11.0. The fourth-order valence-corrected chi connectivity index (χ4v) is 4.33. The summed E-state index contributed by atoms with van der Waals surface area (Å²) in [7, 11) is -4.67. The molecule has 0 rings (SSSR count). The van der Waals surface area contributed by atoms with Crippen molar-refractivity contribution in [2.24, 2.45) is 0 Å². The van der Waals surface area contributed by atoms with Crippen LogP contribution in [0.25, 0.3) is 0 Å². The van der Waals surface area contributed by atoms with E-state index >= 15 is 0 Å². The molecule has 0 spiro atoms. The van der Waals surface area contributed by atoms with Crippen molar-refractivity contribution in [3.63, 3.8) is 0 Å². The summed E-state index contributed by atoms with van der Waals surface area (Å²) in [5.41, 5.74) is 0. The molecule has 0 aromatic heterocycles. The monoisotopic (exact) mass is 581 g/mol. The quantitative estimate of drug-likeness (QED) is 0.0543. The first-order valence-electron chi connectivity index (χ1n) is 16.9. The Kier molecular flexibility index (Phi) is 44.3. The van der Waals surface area contributed by atoms with E-state index in [4.69, 9.17) is 17.5 Å². The van der Waals surface area contributed by atoms with E-state index in [0.29, 0.717) is 0 Å². The third-order valence-electron chi connectivity index (χ3n) is 6.83. The predicted octanol–water partition coefficient (Wildman–Crippen LogP) is 9.94. The van der Waals surface area contributed by atoms with Crippen LogP contribution in [-0.4, -0.2) is 43.7 Å². The summed E-state index contributed by atoms with van der Waals surface area (Å²) in [5.74, 6) is 0. The molecule has 0 unspecified atom stereocenters. The highest BCUT2D eigenvalue weighted by Gasteiger charge is 1.94. The first-order valence-corrected chi connectivity index (χ1v) is 18.3. The largest absolute Gasteiger partial charge is 0.394 e. The van der Waals surface area contributed by atoms with Gasteiger partial charge in [-0.15, -0.1) is 0 Å². The molecule has 0 fully saturated rings. The van der Waals surface area contributed by atoms with Crippen molar-refractivity contribution in [1.82, 2.24) is 10.6 Å². The van der Waals surface area contributed by atoms with Crippen molar-refractivity contribution in [3.05, 3.63) is 0 Å². The van der Waals surface area contributed by atoms with Gasteiger partial charge in [-0.05, 0) is 51.9 Å². The first kappa shape index (κ1) is 43.2. The normalized spacial score (nSPS) is 11.0. The Bertz CT molecular complexity index is 438. The van der Waals surface area contributed by atoms with Gasteiger partial charge in [-0.2, -0.15) is 8.42 Å². The van der Waals surface area contributed by atoms with Crippen LogP contribution in [0.15, 0.2) is 0 Å². The molecule has 0 aliphatic heterocycles. The first-order chi connectivity index (χ1) is 18.8. The van der Waals surface area contributed by atoms with E-state index in [1.807, 2.05) is 0 Å². The van der Waals surface area contributed by atoms with Crippen LogP contribution in [-0.2, 0) is 10.4 Å². The van der Waals surface area contributed by atoms with Gasteiger partial charge < -0.3 is 10.6 Å². The second-order valence-corrected chi connectivity index (χ2v) is 11.9. The lowest BCUT2D eigenvalue weighted by molar-refractivity contribution is 0.381. The summed E-state index contributed by atoms with van der Waals surface area (Å²) in [5, 5.41) is 7.02. The SMILES string of the molecule is CCCCCCCCCCCCNCCCC.CCCCCCCCCCCCNCCCC.O=S(=O)(O)O. The molecule has 240 valence electrons. The molecule has 6 nitrogen and oxygen atoms in total. The maximum atomic E-state index is 8.74. The Hall–Kier alpha value is -0.210. The highest BCUT2D eigenvalue weighted by molar-refractivity contribution is 7.79. The Morgan fingerprint density at radius 3 is 0.769 bits per heavy atom. The van der Waals surface area contributed by atoms with Crippen LogP contribution in [0.4, 0.5) is 0 Å². The summed E-state index contributed by atoms with van der Waals surface area (Å²) < 4.78 is 31.6. The smallest absolute Gasteiger partial charge is 0.317 e. The Morgan fingerprint density at radius 1 is 0.359 bits per heavy atom. The number of unbranched alkanes of at least 4 members (excludes halogenated alkanes) is 20. The summed E-state index contributed by atoms with van der Waals surface area (Å²) >= 11 is 0. The molecular weight excluding hydrogens is 508 g/mol. The van der Waals surface area contributed by atoms with Crippen LogP contribution in [0.3, 0.4) is 0 Å². The average molecular weight is 581 g/mol. The van der Waals surface area contributed by atoms with Gasteiger partial charge in [0.05, 0.1) is 0 Å². The number of hydrogen-bond acceptors (Lipinski definition) is 4. The van der Waals surface area contributed by atoms with Crippen LogP contribution < -0.4 is 10.6 Å². The van der Waals surface area contributed by atoms with Gasteiger partial charge in [0.2, 0.25) is 0 Å². The van der Waals surface area contributed by atoms with E-state index in [-0.39, 0.29) is 0 Å². The molecule has 0 aromatic rings. The standard InChI is InChI=1S/2C16H35N.H2O4S/c2*1-3-5-7-8-9-10-11-12-13-14-16-17-15-6-4-2;1-5(2,3)4/h2*17H,3-16H2,1-2H3;(H2,1,2,3,4). The van der Waals surface area contributed by atoms with Gasteiger partial charge in [0.15, 0.2) is 0 Å². The van der Waals surface area contributed by atoms with Gasteiger partial charge in [0, 0.05) is 0 Å².